The Morgan fingerprint density at radius 1 is 1.23 bits per heavy atom. The van der Waals surface area contributed by atoms with Gasteiger partial charge < -0.3 is 5.32 Å². The predicted octanol–water partition coefficient (Wildman–Crippen LogP) is 1.07. The minimum absolute atomic E-state index is 0.114. The molecule has 0 unspecified atom stereocenters. The molecule has 0 atom stereocenters. The Labute approximate surface area is 143 Å². The van der Waals surface area contributed by atoms with Crippen LogP contribution in [0.2, 0.25) is 0 Å². The van der Waals surface area contributed by atoms with Crippen LogP contribution in [-0.4, -0.2) is 43.3 Å². The maximum Gasteiger partial charge on any atom is 0.522 e. The molecule has 0 bridgehead atoms. The lowest BCUT2D eigenvalue weighted by atomic mass is 10.3. The van der Waals surface area contributed by atoms with Crippen LogP contribution in [0.3, 0.4) is 0 Å². The van der Waals surface area contributed by atoms with Crippen molar-refractivity contribution in [2.24, 2.45) is 0 Å². The number of imidazole rings is 1. The summed E-state index contributed by atoms with van der Waals surface area (Å²) in [7, 11) is 0. The lowest BCUT2D eigenvalue weighted by Crippen LogP contribution is -2.32. The number of nitrogens with zero attached hydrogens (tertiary/aromatic N) is 5. The number of ether oxygens (including phenoxy) is 1. The van der Waals surface area contributed by atoms with E-state index in [2.05, 4.69) is 25.3 Å². The van der Waals surface area contributed by atoms with Gasteiger partial charge in [-0.25, -0.2) is 14.2 Å². The molecule has 2 aromatic heterocycles. The molecule has 0 aliphatic rings. The molecule has 1 N–H and O–H groups in total. The molecule has 0 saturated carbocycles. The second-order valence-corrected chi connectivity index (χ2v) is 5.00. The standard InChI is InChI=1S/C14H11F3N6O3/c15-14(16,17)26-7-6-23-13(25)22-8-18-10(11(22)20-21-23)12(24)19-9-4-2-1-3-5-9/h1-5,8H,6-7H2,(H,19,24). The molecule has 0 saturated heterocycles. The van der Waals surface area contributed by atoms with Gasteiger partial charge in [0.05, 0.1) is 13.2 Å². The molecule has 136 valence electrons. The van der Waals surface area contributed by atoms with Crippen molar-refractivity contribution in [3.63, 3.8) is 0 Å². The third-order valence-corrected chi connectivity index (χ3v) is 3.23. The van der Waals surface area contributed by atoms with Gasteiger partial charge in [0.15, 0.2) is 11.3 Å². The zero-order valence-electron chi connectivity index (χ0n) is 13.0. The van der Waals surface area contributed by atoms with Crippen LogP contribution in [-0.2, 0) is 11.3 Å². The molecular weight excluding hydrogens is 357 g/mol. The summed E-state index contributed by atoms with van der Waals surface area (Å²) in [5.74, 6) is -0.606. The van der Waals surface area contributed by atoms with Crippen LogP contribution in [0.1, 0.15) is 10.5 Å². The average molecular weight is 368 g/mol. The van der Waals surface area contributed by atoms with Gasteiger partial charge in [-0.3, -0.25) is 9.53 Å². The van der Waals surface area contributed by atoms with Crippen molar-refractivity contribution < 1.29 is 22.7 Å². The first kappa shape index (κ1) is 17.5. The lowest BCUT2D eigenvalue weighted by Gasteiger charge is -2.07. The van der Waals surface area contributed by atoms with E-state index in [-0.39, 0.29) is 11.3 Å². The van der Waals surface area contributed by atoms with Crippen LogP contribution in [0.5, 0.6) is 0 Å². The SMILES string of the molecule is O=C(Nc1ccccc1)c1ncn2c(=O)n(CCOC(F)(F)F)nnc12. The van der Waals surface area contributed by atoms with Crippen LogP contribution in [0.15, 0.2) is 41.5 Å². The van der Waals surface area contributed by atoms with Gasteiger partial charge in [0.25, 0.3) is 5.91 Å². The molecule has 2 heterocycles. The highest BCUT2D eigenvalue weighted by Gasteiger charge is 2.29. The van der Waals surface area contributed by atoms with Gasteiger partial charge in [0.2, 0.25) is 0 Å². The Morgan fingerprint density at radius 3 is 2.65 bits per heavy atom. The zero-order valence-corrected chi connectivity index (χ0v) is 13.0. The number of rotatable bonds is 5. The number of halogens is 3. The van der Waals surface area contributed by atoms with Crippen molar-refractivity contribution >= 4 is 17.2 Å². The van der Waals surface area contributed by atoms with Crippen LogP contribution in [0.4, 0.5) is 18.9 Å². The normalized spacial score (nSPS) is 11.7. The molecule has 1 aromatic carbocycles. The summed E-state index contributed by atoms with van der Waals surface area (Å²) in [5.41, 5.74) is -0.537. The number of aromatic nitrogens is 5. The van der Waals surface area contributed by atoms with E-state index >= 15 is 0 Å². The van der Waals surface area contributed by atoms with Crippen molar-refractivity contribution in [3.8, 4) is 0 Å². The number of alkyl halides is 3. The summed E-state index contributed by atoms with van der Waals surface area (Å²) in [5, 5.41) is 9.79. The molecule has 0 aliphatic carbocycles. The van der Waals surface area contributed by atoms with Crippen molar-refractivity contribution in [3.05, 3.63) is 52.8 Å². The molecule has 26 heavy (non-hydrogen) atoms. The first-order chi connectivity index (χ1) is 12.3. The second kappa shape index (κ2) is 6.92. The number of amides is 1. The quantitative estimate of drug-likeness (QED) is 0.723. The molecule has 9 nitrogen and oxygen atoms in total. The topological polar surface area (TPSA) is 103 Å². The minimum Gasteiger partial charge on any atom is -0.321 e. The third-order valence-electron chi connectivity index (χ3n) is 3.23. The molecule has 3 aromatic rings. The van der Waals surface area contributed by atoms with Crippen LogP contribution >= 0.6 is 0 Å². The van der Waals surface area contributed by atoms with Gasteiger partial charge in [-0.05, 0) is 12.1 Å². The fourth-order valence-electron chi connectivity index (χ4n) is 2.10. The number of hydrogen-bond donors (Lipinski definition) is 1. The van der Waals surface area contributed by atoms with E-state index in [1.54, 1.807) is 30.3 Å². The van der Waals surface area contributed by atoms with Gasteiger partial charge in [-0.2, -0.15) is 4.68 Å². The molecule has 12 heteroatoms. The first-order valence-electron chi connectivity index (χ1n) is 7.23. The highest BCUT2D eigenvalue weighted by Crippen LogP contribution is 2.15. The maximum absolute atomic E-state index is 12.3. The van der Waals surface area contributed by atoms with Gasteiger partial charge in [-0.1, -0.05) is 23.4 Å². The number of benzene rings is 1. The van der Waals surface area contributed by atoms with E-state index in [1.807, 2.05) is 0 Å². The van der Waals surface area contributed by atoms with E-state index in [0.29, 0.717) is 10.4 Å². The largest absolute Gasteiger partial charge is 0.522 e. The lowest BCUT2D eigenvalue weighted by molar-refractivity contribution is -0.325. The summed E-state index contributed by atoms with van der Waals surface area (Å²) in [6, 6.07) is 8.55. The van der Waals surface area contributed by atoms with E-state index in [4.69, 9.17) is 0 Å². The van der Waals surface area contributed by atoms with E-state index in [9.17, 15) is 22.8 Å². The van der Waals surface area contributed by atoms with Crippen molar-refractivity contribution in [2.75, 3.05) is 11.9 Å². The second-order valence-electron chi connectivity index (χ2n) is 5.00. The summed E-state index contributed by atoms with van der Waals surface area (Å²) in [6.45, 7) is -1.27. The van der Waals surface area contributed by atoms with E-state index in [0.717, 1.165) is 10.7 Å². The van der Waals surface area contributed by atoms with Crippen molar-refractivity contribution in [1.29, 1.82) is 0 Å². The number of hydrogen-bond acceptors (Lipinski definition) is 6. The maximum atomic E-state index is 12.3. The summed E-state index contributed by atoms with van der Waals surface area (Å²) >= 11 is 0. The highest BCUT2D eigenvalue weighted by molar-refractivity contribution is 6.06. The number of nitrogens with one attached hydrogen (secondary N) is 1. The molecular formula is C14H11F3N6O3. The van der Waals surface area contributed by atoms with Gasteiger partial charge in [0, 0.05) is 5.69 Å². The zero-order chi connectivity index (χ0) is 18.7. The van der Waals surface area contributed by atoms with E-state index in [1.165, 1.54) is 0 Å². The Morgan fingerprint density at radius 2 is 1.96 bits per heavy atom. The number of carbonyl (C=O) groups is 1. The van der Waals surface area contributed by atoms with Crippen LogP contribution < -0.4 is 11.0 Å². The number of para-hydroxylation sites is 1. The highest BCUT2D eigenvalue weighted by atomic mass is 19.4. The minimum atomic E-state index is -4.81. The Bertz CT molecular complexity index is 983. The summed E-state index contributed by atoms with van der Waals surface area (Å²) < 4.78 is 41.1. The van der Waals surface area contributed by atoms with Gasteiger partial charge >= 0.3 is 12.1 Å². The monoisotopic (exact) mass is 368 g/mol. The molecule has 0 fully saturated rings. The molecule has 0 radical (unpaired) electrons. The summed E-state index contributed by atoms with van der Waals surface area (Å²) in [4.78, 5) is 28.3. The fourth-order valence-corrected chi connectivity index (χ4v) is 2.10. The number of anilines is 1. The van der Waals surface area contributed by atoms with Gasteiger partial charge in [-0.15, -0.1) is 18.3 Å². The van der Waals surface area contributed by atoms with Crippen LogP contribution in [0, 0.1) is 0 Å². The average Bonchev–Trinajstić information content (AvgIpc) is 3.02. The Balaban J connectivity index is 1.81. The molecule has 0 aliphatic heterocycles. The number of fused-ring (bicyclic) bond motifs is 1. The first-order valence-corrected chi connectivity index (χ1v) is 7.23. The fraction of sp³-hybridized carbons (Fsp3) is 0.214. The van der Waals surface area contributed by atoms with E-state index < -0.39 is 31.1 Å². The smallest absolute Gasteiger partial charge is 0.321 e. The number of carbonyl (C=O) groups excluding carboxylic acids is 1. The summed E-state index contributed by atoms with van der Waals surface area (Å²) in [6.07, 6.45) is -3.76. The van der Waals surface area contributed by atoms with Gasteiger partial charge in [0.1, 0.15) is 6.33 Å². The molecule has 0 spiro atoms. The van der Waals surface area contributed by atoms with Crippen molar-refractivity contribution in [1.82, 2.24) is 24.4 Å². The molecule has 3 rings (SSSR count). The predicted molar refractivity (Wildman–Crippen MR) is 81.4 cm³/mol. The van der Waals surface area contributed by atoms with Crippen LogP contribution in [0.25, 0.3) is 5.65 Å². The third kappa shape index (κ3) is 3.85. The Kier molecular flexibility index (Phi) is 4.67. The molecule has 1 amide bonds. The Hall–Kier alpha value is -3.28. The van der Waals surface area contributed by atoms with Crippen molar-refractivity contribution in [2.45, 2.75) is 12.9 Å².